The van der Waals surface area contributed by atoms with E-state index in [2.05, 4.69) is 5.32 Å². The van der Waals surface area contributed by atoms with Crippen molar-refractivity contribution in [1.82, 2.24) is 5.32 Å². The zero-order valence-corrected chi connectivity index (χ0v) is 21.0. The summed E-state index contributed by atoms with van der Waals surface area (Å²) >= 11 is 0. The highest BCUT2D eigenvalue weighted by Crippen LogP contribution is 2.41. The van der Waals surface area contributed by atoms with Crippen LogP contribution in [0.5, 0.6) is 0 Å². The zero-order chi connectivity index (χ0) is 27.5. The molecule has 2 rings (SSSR count). The van der Waals surface area contributed by atoms with Gasteiger partial charge in [0.1, 0.15) is 0 Å². The first kappa shape index (κ1) is 29.5. The van der Waals surface area contributed by atoms with Gasteiger partial charge in [-0.1, -0.05) is 74.5 Å². The second-order valence-corrected chi connectivity index (χ2v) is 9.36. The van der Waals surface area contributed by atoms with Crippen molar-refractivity contribution in [3.8, 4) is 0 Å². The Labute approximate surface area is 216 Å². The molecule has 0 aliphatic rings. The second kappa shape index (κ2) is 14.1. The van der Waals surface area contributed by atoms with Crippen LogP contribution in [0, 0.1) is 23.7 Å². The molecule has 0 saturated carbocycles. The molecule has 6 unspecified atom stereocenters. The number of carbonyl (C=O) groups excluding carboxylic acids is 1. The van der Waals surface area contributed by atoms with Gasteiger partial charge in [-0.25, -0.2) is 0 Å². The quantitative estimate of drug-likeness (QED) is 0.243. The molecule has 37 heavy (non-hydrogen) atoms. The van der Waals surface area contributed by atoms with Crippen LogP contribution in [0.4, 0.5) is 0 Å². The van der Waals surface area contributed by atoms with E-state index in [1.54, 1.807) is 30.3 Å². The minimum atomic E-state index is -1.36. The van der Waals surface area contributed by atoms with E-state index < -0.39 is 53.4 Å². The number of hydrogen-bond acceptors (Lipinski definition) is 5. The molecule has 0 aromatic heterocycles. The summed E-state index contributed by atoms with van der Waals surface area (Å²) in [5.41, 5.74) is 1.43. The number of amides is 1. The molecule has 0 spiro atoms. The molecule has 5 N–H and O–H groups in total. The molecule has 0 radical (unpaired) electrons. The minimum absolute atomic E-state index is 0.0894. The van der Waals surface area contributed by atoms with E-state index in [1.807, 2.05) is 37.3 Å². The fourth-order valence-corrected chi connectivity index (χ4v) is 4.80. The van der Waals surface area contributed by atoms with Crippen molar-refractivity contribution in [3.05, 3.63) is 71.8 Å². The van der Waals surface area contributed by atoms with Crippen molar-refractivity contribution in [2.24, 2.45) is 23.7 Å². The number of benzene rings is 2. The summed E-state index contributed by atoms with van der Waals surface area (Å²) in [5.74, 6) is -10.7. The van der Waals surface area contributed by atoms with Gasteiger partial charge in [0.25, 0.3) is 0 Å². The Morgan fingerprint density at radius 1 is 0.730 bits per heavy atom. The molecule has 9 nitrogen and oxygen atoms in total. The maximum atomic E-state index is 13.5. The zero-order valence-electron chi connectivity index (χ0n) is 21.0. The van der Waals surface area contributed by atoms with Gasteiger partial charge in [0.05, 0.1) is 30.3 Å². The Hall–Kier alpha value is -3.72. The largest absolute Gasteiger partial charge is 0.481 e. The van der Waals surface area contributed by atoms with E-state index in [4.69, 9.17) is 0 Å². The lowest BCUT2D eigenvalue weighted by Crippen LogP contribution is -2.44. The highest BCUT2D eigenvalue weighted by atomic mass is 16.4. The van der Waals surface area contributed by atoms with Gasteiger partial charge in [0, 0.05) is 6.54 Å². The van der Waals surface area contributed by atoms with Gasteiger partial charge in [0.2, 0.25) is 5.91 Å². The van der Waals surface area contributed by atoms with Crippen LogP contribution in [0.1, 0.15) is 49.7 Å². The maximum Gasteiger partial charge on any atom is 0.307 e. The summed E-state index contributed by atoms with van der Waals surface area (Å²) in [4.78, 5) is 49.9. The Morgan fingerprint density at radius 3 is 1.70 bits per heavy atom. The molecular formula is C28H35NO8. The summed E-state index contributed by atoms with van der Waals surface area (Å²) in [5, 5.41) is 41.6. The van der Waals surface area contributed by atoms with Gasteiger partial charge in [-0.05, 0) is 35.8 Å². The van der Waals surface area contributed by atoms with Crippen molar-refractivity contribution >= 4 is 23.8 Å². The van der Waals surface area contributed by atoms with Crippen LogP contribution in [-0.4, -0.2) is 57.4 Å². The van der Waals surface area contributed by atoms with Gasteiger partial charge >= 0.3 is 17.9 Å². The van der Waals surface area contributed by atoms with E-state index in [9.17, 15) is 39.6 Å². The van der Waals surface area contributed by atoms with E-state index in [0.717, 1.165) is 5.56 Å². The lowest BCUT2D eigenvalue weighted by Gasteiger charge is -2.34. The summed E-state index contributed by atoms with van der Waals surface area (Å²) in [6.07, 6.45) is -0.167. The van der Waals surface area contributed by atoms with Crippen LogP contribution in [0.3, 0.4) is 0 Å². The van der Waals surface area contributed by atoms with E-state index in [0.29, 0.717) is 5.56 Å². The average Bonchev–Trinajstić information content (AvgIpc) is 2.88. The van der Waals surface area contributed by atoms with Crippen molar-refractivity contribution < 1.29 is 39.6 Å². The lowest BCUT2D eigenvalue weighted by molar-refractivity contribution is -0.154. The van der Waals surface area contributed by atoms with Crippen LogP contribution in [0.25, 0.3) is 0 Å². The molecule has 0 fully saturated rings. The predicted molar refractivity (Wildman–Crippen MR) is 136 cm³/mol. The van der Waals surface area contributed by atoms with Gasteiger partial charge in [-0.3, -0.25) is 19.2 Å². The summed E-state index contributed by atoms with van der Waals surface area (Å²) in [6.45, 7) is 2.68. The summed E-state index contributed by atoms with van der Waals surface area (Å²) < 4.78 is 0. The monoisotopic (exact) mass is 513 g/mol. The number of aliphatic hydroxyl groups excluding tert-OH is 1. The van der Waals surface area contributed by atoms with E-state index >= 15 is 0 Å². The number of aliphatic hydroxyl groups is 1. The van der Waals surface area contributed by atoms with Crippen LogP contribution in [0.2, 0.25) is 0 Å². The first-order chi connectivity index (χ1) is 17.6. The third-order valence-electron chi connectivity index (χ3n) is 6.92. The van der Waals surface area contributed by atoms with Crippen LogP contribution < -0.4 is 5.32 Å². The summed E-state index contributed by atoms with van der Waals surface area (Å²) in [6, 6.07) is 17.8. The molecule has 2 aromatic rings. The fraction of sp³-hybridized carbons (Fsp3) is 0.429. The second-order valence-electron chi connectivity index (χ2n) is 9.36. The van der Waals surface area contributed by atoms with Gasteiger partial charge in [0.15, 0.2) is 0 Å². The average molecular weight is 514 g/mol. The van der Waals surface area contributed by atoms with Gasteiger partial charge in [-0.2, -0.15) is 0 Å². The Kier molecular flexibility index (Phi) is 11.3. The minimum Gasteiger partial charge on any atom is -0.481 e. The third-order valence-corrected chi connectivity index (χ3v) is 6.92. The van der Waals surface area contributed by atoms with Gasteiger partial charge in [-0.15, -0.1) is 0 Å². The topological polar surface area (TPSA) is 161 Å². The number of rotatable bonds is 15. The molecule has 200 valence electrons. The molecule has 1 amide bonds. The number of carbonyl (C=O) groups is 4. The molecule has 6 atom stereocenters. The molecule has 2 aromatic carbocycles. The number of carboxylic acids is 3. The predicted octanol–water partition coefficient (Wildman–Crippen LogP) is 3.20. The maximum absolute atomic E-state index is 13.5. The molecule has 9 heteroatoms. The van der Waals surface area contributed by atoms with Crippen LogP contribution >= 0.6 is 0 Å². The Bertz CT molecular complexity index is 1040. The van der Waals surface area contributed by atoms with Gasteiger partial charge < -0.3 is 25.7 Å². The van der Waals surface area contributed by atoms with Crippen LogP contribution in [-0.2, 0) is 19.2 Å². The Balaban J connectivity index is 2.62. The molecule has 0 aliphatic heterocycles. The lowest BCUT2D eigenvalue weighted by atomic mass is 9.69. The normalized spacial score (nSPS) is 16.0. The highest BCUT2D eigenvalue weighted by Gasteiger charge is 2.44. The molecule has 0 saturated heterocycles. The first-order valence-corrected chi connectivity index (χ1v) is 12.2. The van der Waals surface area contributed by atoms with Crippen LogP contribution in [0.15, 0.2) is 60.7 Å². The number of carboxylic acid groups (broad SMARTS) is 3. The summed E-state index contributed by atoms with van der Waals surface area (Å²) in [7, 11) is 0. The molecule has 0 aliphatic carbocycles. The smallest absolute Gasteiger partial charge is 0.307 e. The van der Waals surface area contributed by atoms with E-state index in [1.165, 1.54) is 6.92 Å². The van der Waals surface area contributed by atoms with Crippen molar-refractivity contribution in [2.45, 2.75) is 38.5 Å². The van der Waals surface area contributed by atoms with E-state index in [-0.39, 0.29) is 31.9 Å². The SMILES string of the molecule is CC(CC(C(=O)O)C(C(=O)NCCO)C(CC(C(=O)O)C(C)C(=O)O)c1ccccc1)c1ccccc1. The number of nitrogens with one attached hydrogen (secondary N) is 1. The first-order valence-electron chi connectivity index (χ1n) is 12.2. The molecular weight excluding hydrogens is 478 g/mol. The molecule has 0 heterocycles. The number of aliphatic carboxylic acids is 3. The molecule has 0 bridgehead atoms. The Morgan fingerprint density at radius 2 is 1.24 bits per heavy atom. The van der Waals surface area contributed by atoms with Crippen molar-refractivity contribution in [1.29, 1.82) is 0 Å². The number of hydrogen-bond donors (Lipinski definition) is 5. The standard InChI is InChI=1S/C28H35NO8/c1-17(19-9-5-3-6-10-19)15-23(28(36)37)24(25(31)29-13-14-30)22(20-11-7-4-8-12-20)16-21(27(34)35)18(2)26(32)33/h3-12,17-18,21-24,30H,13-16H2,1-2H3,(H,29,31)(H,32,33)(H,34,35)(H,36,37). The highest BCUT2D eigenvalue weighted by molar-refractivity contribution is 5.86. The fourth-order valence-electron chi connectivity index (χ4n) is 4.80. The van der Waals surface area contributed by atoms with Crippen molar-refractivity contribution in [3.63, 3.8) is 0 Å². The van der Waals surface area contributed by atoms with Crippen molar-refractivity contribution in [2.75, 3.05) is 13.2 Å². The third kappa shape index (κ3) is 8.15.